The maximum absolute atomic E-state index is 13.0. The van der Waals surface area contributed by atoms with E-state index < -0.39 is 24.0 Å². The van der Waals surface area contributed by atoms with Crippen molar-refractivity contribution in [1.82, 2.24) is 10.6 Å². The highest BCUT2D eigenvalue weighted by Crippen LogP contribution is 2.44. The van der Waals surface area contributed by atoms with Crippen LogP contribution in [0.4, 0.5) is 5.69 Å². The number of carbonyl (C=O) groups excluding carboxylic acids is 3. The molecule has 1 aromatic rings. The van der Waals surface area contributed by atoms with Crippen molar-refractivity contribution in [1.29, 1.82) is 0 Å². The SMILES string of the molecule is CN[C@@H](C)C(=O)N[C@@H]1C(=O)N2c3c(cccc3C1C)C[C@H]2C(N)=O. The van der Waals surface area contributed by atoms with E-state index in [1.807, 2.05) is 25.1 Å². The molecule has 0 aromatic heterocycles. The molecule has 0 aliphatic carbocycles. The minimum atomic E-state index is -0.712. The highest BCUT2D eigenvalue weighted by Gasteiger charge is 2.47. The van der Waals surface area contributed by atoms with Crippen LogP contribution in [0.25, 0.3) is 0 Å². The minimum absolute atomic E-state index is 0.177. The molecule has 7 heteroatoms. The van der Waals surface area contributed by atoms with Gasteiger partial charge in [0.2, 0.25) is 11.8 Å². The fourth-order valence-corrected chi connectivity index (χ4v) is 3.52. The first-order valence-electron chi connectivity index (χ1n) is 8.08. The van der Waals surface area contributed by atoms with Crippen molar-refractivity contribution in [3.8, 4) is 0 Å². The van der Waals surface area contributed by atoms with E-state index in [0.717, 1.165) is 16.8 Å². The van der Waals surface area contributed by atoms with Gasteiger partial charge in [-0.1, -0.05) is 25.1 Å². The summed E-state index contributed by atoms with van der Waals surface area (Å²) in [4.78, 5) is 38.5. The first-order chi connectivity index (χ1) is 11.4. The van der Waals surface area contributed by atoms with E-state index >= 15 is 0 Å². The predicted octanol–water partition coefficient (Wildman–Crippen LogP) is -0.361. The molecule has 128 valence electrons. The van der Waals surface area contributed by atoms with Gasteiger partial charge in [0, 0.05) is 12.3 Å². The van der Waals surface area contributed by atoms with Crippen LogP contribution in [0.5, 0.6) is 0 Å². The Morgan fingerprint density at radius 3 is 2.71 bits per heavy atom. The number of nitrogens with one attached hydrogen (secondary N) is 2. The third-order valence-corrected chi connectivity index (χ3v) is 5.06. The minimum Gasteiger partial charge on any atom is -0.368 e. The normalized spacial score (nSPS) is 26.0. The molecule has 0 fully saturated rings. The van der Waals surface area contributed by atoms with E-state index in [-0.39, 0.29) is 17.7 Å². The van der Waals surface area contributed by atoms with Crippen LogP contribution in [-0.4, -0.2) is 42.9 Å². The summed E-state index contributed by atoms with van der Waals surface area (Å²) in [5.74, 6) is -1.24. The number of para-hydroxylation sites is 1. The molecule has 1 aromatic carbocycles. The molecule has 0 radical (unpaired) electrons. The van der Waals surface area contributed by atoms with Gasteiger partial charge in [-0.15, -0.1) is 0 Å². The molecular weight excluding hydrogens is 308 g/mol. The monoisotopic (exact) mass is 330 g/mol. The highest BCUT2D eigenvalue weighted by molar-refractivity contribution is 6.09. The van der Waals surface area contributed by atoms with Crippen molar-refractivity contribution in [3.05, 3.63) is 29.3 Å². The Kier molecular flexibility index (Phi) is 4.04. The molecule has 1 unspecified atom stereocenters. The number of primary amides is 1. The van der Waals surface area contributed by atoms with Gasteiger partial charge in [0.25, 0.3) is 5.91 Å². The van der Waals surface area contributed by atoms with Crippen LogP contribution in [0, 0.1) is 0 Å². The van der Waals surface area contributed by atoms with Crippen LogP contribution in [0.2, 0.25) is 0 Å². The fraction of sp³-hybridized carbons (Fsp3) is 0.471. The Labute approximate surface area is 140 Å². The van der Waals surface area contributed by atoms with Crippen LogP contribution in [0.1, 0.15) is 30.9 Å². The first-order valence-corrected chi connectivity index (χ1v) is 8.08. The summed E-state index contributed by atoms with van der Waals surface area (Å²) in [6.07, 6.45) is 0.421. The molecule has 0 bridgehead atoms. The summed E-state index contributed by atoms with van der Waals surface area (Å²) in [5, 5.41) is 5.67. The molecule has 7 nitrogen and oxygen atoms in total. The fourth-order valence-electron chi connectivity index (χ4n) is 3.52. The second-order valence-electron chi connectivity index (χ2n) is 6.47. The van der Waals surface area contributed by atoms with Crippen LogP contribution >= 0.6 is 0 Å². The van der Waals surface area contributed by atoms with Gasteiger partial charge in [-0.3, -0.25) is 19.3 Å². The third kappa shape index (κ3) is 2.36. The number of anilines is 1. The van der Waals surface area contributed by atoms with Gasteiger partial charge in [0.1, 0.15) is 12.1 Å². The summed E-state index contributed by atoms with van der Waals surface area (Å²) < 4.78 is 0. The summed E-state index contributed by atoms with van der Waals surface area (Å²) in [5.41, 5.74) is 8.19. The van der Waals surface area contributed by atoms with Crippen LogP contribution < -0.4 is 21.3 Å². The van der Waals surface area contributed by atoms with Crippen LogP contribution in [-0.2, 0) is 20.8 Å². The molecule has 4 atom stereocenters. The molecule has 2 aliphatic heterocycles. The lowest BCUT2D eigenvalue weighted by Gasteiger charge is -2.38. The van der Waals surface area contributed by atoms with E-state index in [1.165, 1.54) is 4.90 Å². The van der Waals surface area contributed by atoms with Gasteiger partial charge in [-0.05, 0) is 25.1 Å². The number of likely N-dealkylation sites (N-methyl/N-ethyl adjacent to an activating group) is 1. The molecule has 3 amide bonds. The number of rotatable bonds is 4. The second-order valence-corrected chi connectivity index (χ2v) is 6.47. The maximum atomic E-state index is 13.0. The quantitative estimate of drug-likeness (QED) is 0.701. The number of hydrogen-bond acceptors (Lipinski definition) is 4. The Balaban J connectivity index is 2.01. The second kappa shape index (κ2) is 5.90. The Bertz CT molecular complexity index is 718. The van der Waals surface area contributed by atoms with Crippen molar-refractivity contribution < 1.29 is 14.4 Å². The first kappa shape index (κ1) is 16.4. The highest BCUT2D eigenvalue weighted by atomic mass is 16.2. The smallest absolute Gasteiger partial charge is 0.250 e. The van der Waals surface area contributed by atoms with Gasteiger partial charge in [-0.2, -0.15) is 0 Å². The van der Waals surface area contributed by atoms with E-state index in [0.29, 0.717) is 6.42 Å². The number of nitrogens with two attached hydrogens (primary N) is 1. The van der Waals surface area contributed by atoms with Gasteiger partial charge in [0.05, 0.1) is 11.7 Å². The Morgan fingerprint density at radius 2 is 2.08 bits per heavy atom. The zero-order valence-corrected chi connectivity index (χ0v) is 14.0. The number of hydrogen-bond donors (Lipinski definition) is 3. The number of benzene rings is 1. The molecule has 3 rings (SSSR count). The average molecular weight is 330 g/mol. The lowest BCUT2D eigenvalue weighted by Crippen LogP contribution is -2.59. The van der Waals surface area contributed by atoms with Gasteiger partial charge in [-0.25, -0.2) is 0 Å². The molecule has 2 heterocycles. The van der Waals surface area contributed by atoms with Crippen molar-refractivity contribution in [2.75, 3.05) is 11.9 Å². The van der Waals surface area contributed by atoms with E-state index in [4.69, 9.17) is 5.73 Å². The number of carbonyl (C=O) groups is 3. The van der Waals surface area contributed by atoms with Crippen molar-refractivity contribution >= 4 is 23.4 Å². The summed E-state index contributed by atoms with van der Waals surface area (Å²) in [6, 6.07) is 3.95. The molecule has 0 spiro atoms. The molecule has 2 aliphatic rings. The van der Waals surface area contributed by atoms with Crippen molar-refractivity contribution in [2.45, 2.75) is 44.3 Å². The molecule has 0 saturated carbocycles. The Hall–Kier alpha value is -2.41. The summed E-state index contributed by atoms with van der Waals surface area (Å²) >= 11 is 0. The summed E-state index contributed by atoms with van der Waals surface area (Å²) in [6.45, 7) is 3.64. The molecule has 24 heavy (non-hydrogen) atoms. The van der Waals surface area contributed by atoms with Gasteiger partial charge < -0.3 is 16.4 Å². The number of nitrogens with zero attached hydrogens (tertiary/aromatic N) is 1. The summed E-state index contributed by atoms with van der Waals surface area (Å²) in [7, 11) is 1.68. The molecular formula is C17H22N4O3. The average Bonchev–Trinajstić information content (AvgIpc) is 2.96. The Morgan fingerprint density at radius 1 is 1.38 bits per heavy atom. The van der Waals surface area contributed by atoms with E-state index in [2.05, 4.69) is 10.6 Å². The van der Waals surface area contributed by atoms with Crippen LogP contribution in [0.15, 0.2) is 18.2 Å². The van der Waals surface area contributed by atoms with E-state index in [1.54, 1.807) is 14.0 Å². The topological polar surface area (TPSA) is 105 Å². The van der Waals surface area contributed by atoms with Gasteiger partial charge in [0.15, 0.2) is 0 Å². The number of amides is 3. The maximum Gasteiger partial charge on any atom is 0.250 e. The zero-order valence-electron chi connectivity index (χ0n) is 14.0. The molecule has 4 N–H and O–H groups in total. The largest absolute Gasteiger partial charge is 0.368 e. The predicted molar refractivity (Wildman–Crippen MR) is 89.5 cm³/mol. The third-order valence-electron chi connectivity index (χ3n) is 5.06. The van der Waals surface area contributed by atoms with E-state index in [9.17, 15) is 14.4 Å². The van der Waals surface area contributed by atoms with Crippen molar-refractivity contribution in [3.63, 3.8) is 0 Å². The van der Waals surface area contributed by atoms with Gasteiger partial charge >= 0.3 is 0 Å². The van der Waals surface area contributed by atoms with Crippen molar-refractivity contribution in [2.24, 2.45) is 5.73 Å². The lowest BCUT2D eigenvalue weighted by atomic mass is 9.86. The lowest BCUT2D eigenvalue weighted by molar-refractivity contribution is -0.130. The molecule has 0 saturated heterocycles. The van der Waals surface area contributed by atoms with Crippen LogP contribution in [0.3, 0.4) is 0 Å². The zero-order chi connectivity index (χ0) is 17.6. The standard InChI is InChI=1S/C17H22N4O3/c1-8-11-6-4-5-10-7-12(15(18)22)21(14(10)11)17(24)13(8)20-16(23)9(2)19-3/h4-6,8-9,12-13,19H,7H2,1-3H3,(H2,18,22)(H,20,23)/t8?,9-,12-,13-/m0/s1.